The fourth-order valence-electron chi connectivity index (χ4n) is 5.84. The summed E-state index contributed by atoms with van der Waals surface area (Å²) in [5, 5.41) is 13.5. The molecule has 0 aromatic rings. The van der Waals surface area contributed by atoms with Crippen molar-refractivity contribution in [3.63, 3.8) is 0 Å². The second-order valence-electron chi connectivity index (χ2n) is 10.1. The Balaban J connectivity index is 1.28. The lowest BCUT2D eigenvalue weighted by atomic mass is 9.53. The highest BCUT2D eigenvalue weighted by molar-refractivity contribution is 5.70. The van der Waals surface area contributed by atoms with Crippen LogP contribution in [0.15, 0.2) is 0 Å². The molecule has 1 heterocycles. The first-order valence-electron chi connectivity index (χ1n) is 10.3. The molecule has 4 saturated carbocycles. The summed E-state index contributed by atoms with van der Waals surface area (Å²) in [6.45, 7) is 6.51. The number of hydrogen-bond acceptors (Lipinski definition) is 5. The van der Waals surface area contributed by atoms with Gasteiger partial charge in [0.05, 0.1) is 11.6 Å². The van der Waals surface area contributed by atoms with Crippen molar-refractivity contribution in [1.82, 2.24) is 10.2 Å². The van der Waals surface area contributed by atoms with Gasteiger partial charge in [-0.25, -0.2) is 9.59 Å². The summed E-state index contributed by atoms with van der Waals surface area (Å²) >= 11 is 0. The van der Waals surface area contributed by atoms with Crippen molar-refractivity contribution >= 4 is 12.2 Å². The molecule has 0 radical (unpaired) electrons. The van der Waals surface area contributed by atoms with Gasteiger partial charge in [0.1, 0.15) is 11.7 Å². The topological polar surface area (TPSA) is 88.1 Å². The van der Waals surface area contributed by atoms with Gasteiger partial charge in [0.2, 0.25) is 0 Å². The van der Waals surface area contributed by atoms with Crippen molar-refractivity contribution < 1.29 is 24.2 Å². The lowest BCUT2D eigenvalue weighted by molar-refractivity contribution is -0.177. The smallest absolute Gasteiger partial charge is 0.410 e. The first-order chi connectivity index (χ1) is 12.6. The zero-order valence-corrected chi connectivity index (χ0v) is 16.6. The monoisotopic (exact) mass is 380 g/mol. The van der Waals surface area contributed by atoms with Crippen LogP contribution in [0.25, 0.3) is 0 Å². The Morgan fingerprint density at radius 1 is 1.15 bits per heavy atom. The van der Waals surface area contributed by atoms with Crippen LogP contribution in [0.2, 0.25) is 0 Å². The number of alkyl carbamates (subject to hydrolysis) is 1. The highest BCUT2D eigenvalue weighted by atomic mass is 16.6. The summed E-state index contributed by atoms with van der Waals surface area (Å²) in [6, 6.07) is -0.105. The van der Waals surface area contributed by atoms with Gasteiger partial charge in [0, 0.05) is 13.1 Å². The Morgan fingerprint density at radius 2 is 1.81 bits per heavy atom. The van der Waals surface area contributed by atoms with Gasteiger partial charge in [-0.15, -0.1) is 0 Å². The van der Waals surface area contributed by atoms with Gasteiger partial charge in [0.15, 0.2) is 0 Å². The zero-order chi connectivity index (χ0) is 19.4. The van der Waals surface area contributed by atoms with Crippen LogP contribution in [0.5, 0.6) is 0 Å². The third kappa shape index (κ3) is 4.03. The summed E-state index contributed by atoms with van der Waals surface area (Å²) in [4.78, 5) is 26.3. The second-order valence-corrected chi connectivity index (χ2v) is 10.1. The number of rotatable bonds is 2. The van der Waals surface area contributed by atoms with Crippen LogP contribution < -0.4 is 5.32 Å². The van der Waals surface area contributed by atoms with Gasteiger partial charge in [-0.05, 0) is 77.0 Å². The highest BCUT2D eigenvalue weighted by Crippen LogP contribution is 2.56. The predicted molar refractivity (Wildman–Crippen MR) is 98.1 cm³/mol. The number of carbonyl (C=O) groups is 2. The molecule has 152 valence electrons. The van der Waals surface area contributed by atoms with E-state index >= 15 is 0 Å². The summed E-state index contributed by atoms with van der Waals surface area (Å²) in [5.74, 6) is 1.18. The predicted octanol–water partition coefficient (Wildman–Crippen LogP) is 2.66. The fraction of sp³-hybridized carbons (Fsp3) is 0.900. The lowest BCUT2D eigenvalue weighted by Gasteiger charge is -2.57. The standard InChI is InChI=1S/C20H32N2O5/c1-19(2,3)27-17(23)21-15-4-5-22(11-15)18(24)26-16-13-6-12-7-14(16)10-20(25,8-12)9-13/h12-16,25H,4-11H2,1-3H3,(H,21,23)/t12?,13-,14?,15+,16?,20-/m0/s1. The van der Waals surface area contributed by atoms with Crippen LogP contribution in [0.1, 0.15) is 59.3 Å². The molecule has 5 fully saturated rings. The van der Waals surface area contributed by atoms with Gasteiger partial charge in [-0.2, -0.15) is 0 Å². The number of likely N-dealkylation sites (tertiary alicyclic amines) is 1. The van der Waals surface area contributed by atoms with Gasteiger partial charge < -0.3 is 24.8 Å². The van der Waals surface area contributed by atoms with Crippen molar-refractivity contribution in [3.05, 3.63) is 0 Å². The molecular weight excluding hydrogens is 348 g/mol. The molecule has 1 aliphatic heterocycles. The zero-order valence-electron chi connectivity index (χ0n) is 16.6. The SMILES string of the molecule is CC(C)(C)OC(=O)N[C@@H]1CCN(C(=O)OC2C3CC4C[C@H]2C[C@@](O)(C4)C3)C1. The minimum atomic E-state index is -0.537. The summed E-state index contributed by atoms with van der Waals surface area (Å²) in [7, 11) is 0. The third-order valence-corrected chi connectivity index (χ3v) is 6.56. The van der Waals surface area contributed by atoms with Gasteiger partial charge >= 0.3 is 12.2 Å². The van der Waals surface area contributed by atoms with Crippen LogP contribution in [0.3, 0.4) is 0 Å². The van der Waals surface area contributed by atoms with E-state index in [4.69, 9.17) is 9.47 Å². The summed E-state index contributed by atoms with van der Waals surface area (Å²) < 4.78 is 11.2. The molecule has 5 rings (SSSR count). The Kier molecular flexibility index (Phi) is 4.56. The van der Waals surface area contributed by atoms with Crippen molar-refractivity contribution in [2.75, 3.05) is 13.1 Å². The van der Waals surface area contributed by atoms with Gasteiger partial charge in [-0.1, -0.05) is 0 Å². The van der Waals surface area contributed by atoms with E-state index in [0.29, 0.717) is 37.3 Å². The molecule has 4 bridgehead atoms. The van der Waals surface area contributed by atoms with E-state index in [9.17, 15) is 14.7 Å². The van der Waals surface area contributed by atoms with E-state index in [1.165, 1.54) is 0 Å². The number of amides is 2. The third-order valence-electron chi connectivity index (χ3n) is 6.56. The van der Waals surface area contributed by atoms with Crippen LogP contribution >= 0.6 is 0 Å². The molecular formula is C20H32N2O5. The quantitative estimate of drug-likeness (QED) is 0.769. The normalized spacial score (nSPS) is 40.1. The van der Waals surface area contributed by atoms with Crippen LogP contribution in [-0.2, 0) is 9.47 Å². The Morgan fingerprint density at radius 3 is 2.41 bits per heavy atom. The molecule has 4 aliphatic carbocycles. The Hall–Kier alpha value is -1.50. The van der Waals surface area contributed by atoms with Crippen LogP contribution in [0.4, 0.5) is 9.59 Å². The lowest BCUT2D eigenvalue weighted by Crippen LogP contribution is -2.58. The minimum absolute atomic E-state index is 0.0628. The number of nitrogens with zero attached hydrogens (tertiary/aromatic N) is 1. The number of nitrogens with one attached hydrogen (secondary N) is 1. The number of ether oxygens (including phenoxy) is 2. The molecule has 0 aromatic carbocycles. The van der Waals surface area contributed by atoms with Crippen molar-refractivity contribution in [2.45, 2.75) is 82.6 Å². The van der Waals surface area contributed by atoms with Crippen LogP contribution in [0, 0.1) is 17.8 Å². The molecule has 0 spiro atoms. The Labute approximate surface area is 160 Å². The van der Waals surface area contributed by atoms with E-state index in [-0.39, 0.29) is 18.2 Å². The highest BCUT2D eigenvalue weighted by Gasteiger charge is 2.56. The molecule has 7 nitrogen and oxygen atoms in total. The average Bonchev–Trinajstić information content (AvgIpc) is 2.95. The summed E-state index contributed by atoms with van der Waals surface area (Å²) in [5.41, 5.74) is -1.06. The minimum Gasteiger partial charge on any atom is -0.446 e. The van der Waals surface area contributed by atoms with Crippen LogP contribution in [-0.4, -0.2) is 58.6 Å². The number of hydrogen-bond donors (Lipinski definition) is 2. The molecule has 0 aromatic heterocycles. The number of carbonyl (C=O) groups excluding carboxylic acids is 2. The largest absolute Gasteiger partial charge is 0.446 e. The first-order valence-corrected chi connectivity index (χ1v) is 10.3. The summed E-state index contributed by atoms with van der Waals surface area (Å²) in [6.07, 6.45) is 4.50. The van der Waals surface area contributed by atoms with E-state index in [2.05, 4.69) is 5.32 Å². The van der Waals surface area contributed by atoms with E-state index in [1.54, 1.807) is 4.90 Å². The van der Waals surface area contributed by atoms with E-state index < -0.39 is 17.3 Å². The number of aliphatic hydroxyl groups is 1. The van der Waals surface area contributed by atoms with E-state index in [1.807, 2.05) is 20.8 Å². The fourth-order valence-corrected chi connectivity index (χ4v) is 5.84. The average molecular weight is 380 g/mol. The molecule has 2 amide bonds. The maximum atomic E-state index is 12.7. The van der Waals surface area contributed by atoms with Crippen molar-refractivity contribution in [2.24, 2.45) is 17.8 Å². The molecule has 7 heteroatoms. The van der Waals surface area contributed by atoms with Crippen molar-refractivity contribution in [3.8, 4) is 0 Å². The van der Waals surface area contributed by atoms with Gasteiger partial charge in [-0.3, -0.25) is 0 Å². The second kappa shape index (κ2) is 6.54. The molecule has 6 atom stereocenters. The molecule has 5 aliphatic rings. The molecule has 1 saturated heterocycles. The molecule has 3 unspecified atom stereocenters. The van der Waals surface area contributed by atoms with Crippen molar-refractivity contribution in [1.29, 1.82) is 0 Å². The maximum Gasteiger partial charge on any atom is 0.410 e. The maximum absolute atomic E-state index is 12.7. The first kappa shape index (κ1) is 18.8. The molecule has 27 heavy (non-hydrogen) atoms. The molecule has 2 N–H and O–H groups in total. The van der Waals surface area contributed by atoms with E-state index in [0.717, 1.165) is 32.1 Å². The Bertz CT molecular complexity index is 600. The van der Waals surface area contributed by atoms with Gasteiger partial charge in [0.25, 0.3) is 0 Å².